The quantitative estimate of drug-likeness (QED) is 0.807. The topological polar surface area (TPSA) is 42.2 Å². The first kappa shape index (κ1) is 10.3. The molecule has 1 aromatic heterocycles. The standard InChI is InChI=1S/C12H17NO2/c1-4-9-12(3,7-11(14)13-9)10-6-5-8(2)15-10/h5-6,9H,4,7H2,1-3H3,(H,13,14). The minimum atomic E-state index is -0.180. The Balaban J connectivity index is 2.36. The predicted octanol–water partition coefficient (Wildman–Crippen LogP) is 2.14. The van der Waals surface area contributed by atoms with Crippen LogP contribution in [-0.4, -0.2) is 11.9 Å². The monoisotopic (exact) mass is 207 g/mol. The summed E-state index contributed by atoms with van der Waals surface area (Å²) in [6.45, 7) is 6.11. The van der Waals surface area contributed by atoms with Gasteiger partial charge in [0.1, 0.15) is 11.5 Å². The van der Waals surface area contributed by atoms with Crippen LogP contribution in [0.2, 0.25) is 0 Å². The van der Waals surface area contributed by atoms with Crippen LogP contribution in [0.15, 0.2) is 16.5 Å². The largest absolute Gasteiger partial charge is 0.466 e. The molecule has 0 radical (unpaired) electrons. The van der Waals surface area contributed by atoms with E-state index in [0.717, 1.165) is 17.9 Å². The van der Waals surface area contributed by atoms with Crippen LogP contribution < -0.4 is 5.32 Å². The van der Waals surface area contributed by atoms with Gasteiger partial charge in [0.05, 0.1) is 5.41 Å². The Morgan fingerprint density at radius 2 is 2.33 bits per heavy atom. The van der Waals surface area contributed by atoms with Crippen molar-refractivity contribution in [1.82, 2.24) is 5.32 Å². The fourth-order valence-corrected chi connectivity index (χ4v) is 2.41. The lowest BCUT2D eigenvalue weighted by molar-refractivity contribution is -0.119. The molecule has 15 heavy (non-hydrogen) atoms. The average molecular weight is 207 g/mol. The third-order valence-electron chi connectivity index (χ3n) is 3.34. The van der Waals surface area contributed by atoms with Gasteiger partial charge in [-0.2, -0.15) is 0 Å². The molecule has 3 nitrogen and oxygen atoms in total. The molecule has 0 spiro atoms. The summed E-state index contributed by atoms with van der Waals surface area (Å²) in [5.74, 6) is 1.95. The average Bonchev–Trinajstić information content (AvgIpc) is 2.71. The molecule has 82 valence electrons. The molecule has 2 unspecified atom stereocenters. The molecule has 2 heterocycles. The predicted molar refractivity (Wildman–Crippen MR) is 57.6 cm³/mol. The van der Waals surface area contributed by atoms with Gasteiger partial charge in [-0.3, -0.25) is 4.79 Å². The molecule has 1 N–H and O–H groups in total. The zero-order valence-corrected chi connectivity index (χ0v) is 9.46. The highest BCUT2D eigenvalue weighted by molar-refractivity contribution is 5.81. The van der Waals surface area contributed by atoms with Crippen molar-refractivity contribution in [2.45, 2.75) is 45.1 Å². The van der Waals surface area contributed by atoms with Crippen molar-refractivity contribution in [2.75, 3.05) is 0 Å². The van der Waals surface area contributed by atoms with Crippen LogP contribution in [0, 0.1) is 6.92 Å². The van der Waals surface area contributed by atoms with E-state index >= 15 is 0 Å². The van der Waals surface area contributed by atoms with E-state index in [1.165, 1.54) is 0 Å². The van der Waals surface area contributed by atoms with Crippen LogP contribution in [0.25, 0.3) is 0 Å². The summed E-state index contributed by atoms with van der Waals surface area (Å²) in [6.07, 6.45) is 1.46. The number of carbonyl (C=O) groups excluding carboxylic acids is 1. The zero-order chi connectivity index (χ0) is 11.1. The maximum absolute atomic E-state index is 11.5. The fraction of sp³-hybridized carbons (Fsp3) is 0.583. The summed E-state index contributed by atoms with van der Waals surface area (Å²) in [7, 11) is 0. The molecule has 2 rings (SSSR count). The van der Waals surface area contributed by atoms with Crippen molar-refractivity contribution < 1.29 is 9.21 Å². The number of nitrogens with one attached hydrogen (secondary N) is 1. The minimum absolute atomic E-state index is 0.124. The highest BCUT2D eigenvalue weighted by Crippen LogP contribution is 2.37. The van der Waals surface area contributed by atoms with Crippen LogP contribution in [0.3, 0.4) is 0 Å². The van der Waals surface area contributed by atoms with Gasteiger partial charge in [0, 0.05) is 12.5 Å². The number of hydrogen-bond acceptors (Lipinski definition) is 2. The molecule has 0 aliphatic carbocycles. The van der Waals surface area contributed by atoms with E-state index < -0.39 is 0 Å². The molecule has 1 amide bonds. The number of amides is 1. The van der Waals surface area contributed by atoms with Crippen molar-refractivity contribution in [2.24, 2.45) is 0 Å². The SMILES string of the molecule is CCC1NC(=O)CC1(C)c1ccc(C)o1. The first-order chi connectivity index (χ1) is 7.06. The molecule has 0 bridgehead atoms. The second-order valence-corrected chi connectivity index (χ2v) is 4.53. The number of furan rings is 1. The molecule has 0 saturated carbocycles. The molecule has 1 aliphatic heterocycles. The molecular weight excluding hydrogens is 190 g/mol. The van der Waals surface area contributed by atoms with E-state index in [1.807, 2.05) is 19.1 Å². The lowest BCUT2D eigenvalue weighted by atomic mass is 9.79. The van der Waals surface area contributed by atoms with E-state index in [0.29, 0.717) is 6.42 Å². The molecule has 2 atom stereocenters. The van der Waals surface area contributed by atoms with Crippen molar-refractivity contribution in [3.63, 3.8) is 0 Å². The fourth-order valence-electron chi connectivity index (χ4n) is 2.41. The third-order valence-corrected chi connectivity index (χ3v) is 3.34. The first-order valence-corrected chi connectivity index (χ1v) is 5.42. The highest BCUT2D eigenvalue weighted by Gasteiger charge is 2.45. The number of rotatable bonds is 2. The Morgan fingerprint density at radius 3 is 2.87 bits per heavy atom. The van der Waals surface area contributed by atoms with E-state index in [9.17, 15) is 4.79 Å². The summed E-state index contributed by atoms with van der Waals surface area (Å²) < 4.78 is 5.66. The number of carbonyl (C=O) groups is 1. The summed E-state index contributed by atoms with van der Waals surface area (Å²) in [6, 6.07) is 4.13. The smallest absolute Gasteiger partial charge is 0.221 e. The third kappa shape index (κ3) is 1.56. The number of hydrogen-bond donors (Lipinski definition) is 1. The summed E-state index contributed by atoms with van der Waals surface area (Å²) >= 11 is 0. The maximum Gasteiger partial charge on any atom is 0.221 e. The van der Waals surface area contributed by atoms with E-state index in [1.54, 1.807) is 0 Å². The van der Waals surface area contributed by atoms with Gasteiger partial charge in [-0.15, -0.1) is 0 Å². The Kier molecular flexibility index (Phi) is 2.33. The van der Waals surface area contributed by atoms with Gasteiger partial charge in [0.15, 0.2) is 0 Å². The van der Waals surface area contributed by atoms with Gasteiger partial charge in [0.2, 0.25) is 5.91 Å². The molecule has 3 heteroatoms. The Bertz CT molecular complexity index is 383. The summed E-state index contributed by atoms with van der Waals surface area (Å²) in [5, 5.41) is 3.00. The first-order valence-electron chi connectivity index (χ1n) is 5.42. The van der Waals surface area contributed by atoms with E-state index in [-0.39, 0.29) is 17.4 Å². The van der Waals surface area contributed by atoms with Gasteiger partial charge in [-0.25, -0.2) is 0 Å². The lowest BCUT2D eigenvalue weighted by Gasteiger charge is -2.27. The molecule has 1 saturated heterocycles. The number of aryl methyl sites for hydroxylation is 1. The van der Waals surface area contributed by atoms with Crippen LogP contribution in [0.1, 0.15) is 38.2 Å². The molecular formula is C12H17NO2. The normalized spacial score (nSPS) is 30.6. The van der Waals surface area contributed by atoms with Gasteiger partial charge >= 0.3 is 0 Å². The van der Waals surface area contributed by atoms with Crippen LogP contribution >= 0.6 is 0 Å². The van der Waals surface area contributed by atoms with Crippen molar-refractivity contribution >= 4 is 5.91 Å². The Labute approximate surface area is 89.9 Å². The van der Waals surface area contributed by atoms with Gasteiger partial charge in [0.25, 0.3) is 0 Å². The van der Waals surface area contributed by atoms with Gasteiger partial charge in [-0.1, -0.05) is 6.92 Å². The van der Waals surface area contributed by atoms with Crippen LogP contribution in [0.4, 0.5) is 0 Å². The highest BCUT2D eigenvalue weighted by atomic mass is 16.3. The Morgan fingerprint density at radius 1 is 1.60 bits per heavy atom. The summed E-state index contributed by atoms with van der Waals surface area (Å²) in [5.41, 5.74) is -0.180. The molecule has 1 aromatic rings. The van der Waals surface area contributed by atoms with Crippen LogP contribution in [-0.2, 0) is 10.2 Å². The lowest BCUT2D eigenvalue weighted by Crippen LogP contribution is -2.37. The molecule has 1 aliphatic rings. The van der Waals surface area contributed by atoms with E-state index in [4.69, 9.17) is 4.42 Å². The Hall–Kier alpha value is -1.25. The van der Waals surface area contributed by atoms with Crippen molar-refractivity contribution in [1.29, 1.82) is 0 Å². The zero-order valence-electron chi connectivity index (χ0n) is 9.46. The van der Waals surface area contributed by atoms with Crippen molar-refractivity contribution in [3.05, 3.63) is 23.7 Å². The van der Waals surface area contributed by atoms with Crippen molar-refractivity contribution in [3.8, 4) is 0 Å². The maximum atomic E-state index is 11.5. The van der Waals surface area contributed by atoms with Gasteiger partial charge < -0.3 is 9.73 Å². The minimum Gasteiger partial charge on any atom is -0.466 e. The molecule has 0 aromatic carbocycles. The second kappa shape index (κ2) is 3.40. The molecule has 1 fully saturated rings. The van der Waals surface area contributed by atoms with E-state index in [2.05, 4.69) is 19.2 Å². The second-order valence-electron chi connectivity index (χ2n) is 4.53. The van der Waals surface area contributed by atoms with Crippen LogP contribution in [0.5, 0.6) is 0 Å². The van der Waals surface area contributed by atoms with Gasteiger partial charge in [-0.05, 0) is 32.4 Å². The summed E-state index contributed by atoms with van der Waals surface area (Å²) in [4.78, 5) is 11.5.